The SMILES string of the molecule is COc1ccc(SCC(C)CC(=O)O)cc1. The van der Waals surface area contributed by atoms with Crippen LogP contribution in [0.4, 0.5) is 0 Å². The lowest BCUT2D eigenvalue weighted by molar-refractivity contribution is -0.137. The number of benzene rings is 1. The van der Waals surface area contributed by atoms with E-state index in [0.717, 1.165) is 16.4 Å². The Kier molecular flexibility index (Phi) is 5.19. The van der Waals surface area contributed by atoms with Crippen LogP contribution in [0.25, 0.3) is 0 Å². The van der Waals surface area contributed by atoms with Gasteiger partial charge in [-0.2, -0.15) is 0 Å². The Balaban J connectivity index is 2.39. The lowest BCUT2D eigenvalue weighted by Crippen LogP contribution is -2.06. The summed E-state index contributed by atoms with van der Waals surface area (Å²) in [4.78, 5) is 11.6. The van der Waals surface area contributed by atoms with Gasteiger partial charge >= 0.3 is 5.97 Å². The molecule has 0 spiro atoms. The number of aliphatic carboxylic acids is 1. The Labute approximate surface area is 99.8 Å². The van der Waals surface area contributed by atoms with Crippen molar-refractivity contribution in [2.45, 2.75) is 18.2 Å². The third-order valence-electron chi connectivity index (χ3n) is 2.12. The van der Waals surface area contributed by atoms with E-state index in [4.69, 9.17) is 9.84 Å². The fourth-order valence-electron chi connectivity index (χ4n) is 1.27. The molecule has 88 valence electrons. The van der Waals surface area contributed by atoms with Gasteiger partial charge in [0.05, 0.1) is 7.11 Å². The largest absolute Gasteiger partial charge is 0.497 e. The van der Waals surface area contributed by atoms with Crippen LogP contribution in [-0.4, -0.2) is 23.9 Å². The van der Waals surface area contributed by atoms with Crippen molar-refractivity contribution in [3.8, 4) is 5.75 Å². The normalized spacial score (nSPS) is 12.1. The first-order valence-corrected chi connectivity index (χ1v) is 6.09. The Hall–Kier alpha value is -1.16. The average Bonchev–Trinajstić information content (AvgIpc) is 2.26. The second-order valence-corrected chi connectivity index (χ2v) is 4.78. The van der Waals surface area contributed by atoms with Crippen molar-refractivity contribution in [3.05, 3.63) is 24.3 Å². The van der Waals surface area contributed by atoms with Crippen molar-refractivity contribution in [1.82, 2.24) is 0 Å². The number of hydrogen-bond acceptors (Lipinski definition) is 3. The van der Waals surface area contributed by atoms with Crippen LogP contribution in [0.1, 0.15) is 13.3 Å². The Morgan fingerprint density at radius 3 is 2.56 bits per heavy atom. The van der Waals surface area contributed by atoms with E-state index < -0.39 is 5.97 Å². The van der Waals surface area contributed by atoms with Crippen molar-refractivity contribution in [2.24, 2.45) is 5.92 Å². The van der Waals surface area contributed by atoms with E-state index in [1.54, 1.807) is 18.9 Å². The van der Waals surface area contributed by atoms with Gasteiger partial charge in [0.25, 0.3) is 0 Å². The van der Waals surface area contributed by atoms with E-state index in [9.17, 15) is 4.79 Å². The van der Waals surface area contributed by atoms with Crippen LogP contribution in [0.3, 0.4) is 0 Å². The van der Waals surface area contributed by atoms with Crippen molar-refractivity contribution in [1.29, 1.82) is 0 Å². The highest BCUT2D eigenvalue weighted by Gasteiger charge is 2.07. The monoisotopic (exact) mass is 240 g/mol. The first-order chi connectivity index (χ1) is 7.61. The highest BCUT2D eigenvalue weighted by atomic mass is 32.2. The molecule has 0 radical (unpaired) electrons. The number of ether oxygens (including phenoxy) is 1. The second-order valence-electron chi connectivity index (χ2n) is 3.69. The minimum atomic E-state index is -0.733. The fourth-order valence-corrected chi connectivity index (χ4v) is 2.19. The van der Waals surface area contributed by atoms with Crippen LogP contribution in [0.5, 0.6) is 5.75 Å². The average molecular weight is 240 g/mol. The molecule has 1 aromatic carbocycles. The van der Waals surface area contributed by atoms with Crippen LogP contribution in [0.2, 0.25) is 0 Å². The molecule has 0 aliphatic carbocycles. The maximum atomic E-state index is 10.5. The molecule has 0 aromatic heterocycles. The van der Waals surface area contributed by atoms with E-state index in [0.29, 0.717) is 0 Å². The fraction of sp³-hybridized carbons (Fsp3) is 0.417. The van der Waals surface area contributed by atoms with E-state index in [2.05, 4.69) is 0 Å². The van der Waals surface area contributed by atoms with Gasteiger partial charge in [0.1, 0.15) is 5.75 Å². The summed E-state index contributed by atoms with van der Waals surface area (Å²) >= 11 is 1.67. The van der Waals surface area contributed by atoms with Gasteiger partial charge in [-0.15, -0.1) is 11.8 Å². The van der Waals surface area contributed by atoms with E-state index >= 15 is 0 Å². The number of carboxylic acid groups (broad SMARTS) is 1. The Morgan fingerprint density at radius 2 is 2.06 bits per heavy atom. The molecular weight excluding hydrogens is 224 g/mol. The van der Waals surface area contributed by atoms with Gasteiger partial charge in [0.2, 0.25) is 0 Å². The molecule has 1 atom stereocenters. The van der Waals surface area contributed by atoms with E-state index in [-0.39, 0.29) is 12.3 Å². The van der Waals surface area contributed by atoms with Crippen LogP contribution in [0.15, 0.2) is 29.2 Å². The van der Waals surface area contributed by atoms with Crippen LogP contribution in [0, 0.1) is 5.92 Å². The smallest absolute Gasteiger partial charge is 0.303 e. The minimum Gasteiger partial charge on any atom is -0.497 e. The zero-order chi connectivity index (χ0) is 12.0. The molecule has 3 nitrogen and oxygen atoms in total. The second kappa shape index (κ2) is 6.43. The molecule has 0 saturated carbocycles. The summed E-state index contributed by atoms with van der Waals surface area (Å²) < 4.78 is 5.06. The predicted molar refractivity (Wildman–Crippen MR) is 65.1 cm³/mol. The first kappa shape index (κ1) is 12.9. The van der Waals surface area contributed by atoms with Gasteiger partial charge in [-0.25, -0.2) is 0 Å². The molecule has 0 aliphatic rings. The maximum Gasteiger partial charge on any atom is 0.303 e. The van der Waals surface area contributed by atoms with Crippen LogP contribution in [-0.2, 0) is 4.79 Å². The zero-order valence-corrected chi connectivity index (χ0v) is 10.3. The summed E-state index contributed by atoms with van der Waals surface area (Å²) in [5.74, 6) is 1.11. The van der Waals surface area contributed by atoms with Gasteiger partial charge < -0.3 is 9.84 Å². The lowest BCUT2D eigenvalue weighted by atomic mass is 10.1. The van der Waals surface area contributed by atoms with Crippen molar-refractivity contribution < 1.29 is 14.6 Å². The molecule has 4 heteroatoms. The van der Waals surface area contributed by atoms with E-state index in [1.165, 1.54) is 0 Å². The highest BCUT2D eigenvalue weighted by molar-refractivity contribution is 7.99. The summed E-state index contributed by atoms with van der Waals surface area (Å²) in [7, 11) is 1.64. The Morgan fingerprint density at radius 1 is 1.44 bits per heavy atom. The van der Waals surface area contributed by atoms with Crippen LogP contribution >= 0.6 is 11.8 Å². The molecule has 0 aliphatic heterocycles. The molecule has 0 saturated heterocycles. The molecule has 16 heavy (non-hydrogen) atoms. The summed E-state index contributed by atoms with van der Waals surface area (Å²) in [6.45, 7) is 1.95. The molecule has 0 heterocycles. The molecule has 1 N–H and O–H groups in total. The quantitative estimate of drug-likeness (QED) is 0.777. The topological polar surface area (TPSA) is 46.5 Å². The molecule has 0 bridgehead atoms. The summed E-state index contributed by atoms with van der Waals surface area (Å²) in [5, 5.41) is 8.62. The van der Waals surface area contributed by atoms with Gasteiger partial charge in [0, 0.05) is 17.1 Å². The lowest BCUT2D eigenvalue weighted by Gasteiger charge is -2.08. The predicted octanol–water partition coefficient (Wildman–Crippen LogP) is 2.90. The van der Waals surface area contributed by atoms with Gasteiger partial charge in [0.15, 0.2) is 0 Å². The number of methoxy groups -OCH3 is 1. The number of rotatable bonds is 6. The van der Waals surface area contributed by atoms with E-state index in [1.807, 2.05) is 31.2 Å². The third kappa shape index (κ3) is 4.57. The summed E-state index contributed by atoms with van der Waals surface area (Å²) in [6.07, 6.45) is 0.225. The maximum absolute atomic E-state index is 10.5. The Bertz CT molecular complexity index is 335. The van der Waals surface area contributed by atoms with Crippen molar-refractivity contribution in [3.63, 3.8) is 0 Å². The summed E-state index contributed by atoms with van der Waals surface area (Å²) in [6, 6.07) is 7.78. The van der Waals surface area contributed by atoms with Gasteiger partial charge in [-0.05, 0) is 30.2 Å². The number of carbonyl (C=O) groups is 1. The molecule has 0 fully saturated rings. The molecule has 1 unspecified atom stereocenters. The summed E-state index contributed by atoms with van der Waals surface area (Å²) in [5.41, 5.74) is 0. The minimum absolute atomic E-state index is 0.185. The first-order valence-electron chi connectivity index (χ1n) is 5.10. The standard InChI is InChI=1S/C12H16O3S/c1-9(7-12(13)14)8-16-11-5-3-10(15-2)4-6-11/h3-6,9H,7-8H2,1-2H3,(H,13,14). The third-order valence-corrected chi connectivity index (χ3v) is 3.46. The molecule has 1 rings (SSSR count). The van der Waals surface area contributed by atoms with Gasteiger partial charge in [-0.1, -0.05) is 6.92 Å². The van der Waals surface area contributed by atoms with Crippen molar-refractivity contribution in [2.75, 3.05) is 12.9 Å². The number of carboxylic acids is 1. The molecule has 1 aromatic rings. The number of thioether (sulfide) groups is 1. The van der Waals surface area contributed by atoms with Crippen LogP contribution < -0.4 is 4.74 Å². The zero-order valence-electron chi connectivity index (χ0n) is 9.47. The van der Waals surface area contributed by atoms with Gasteiger partial charge in [-0.3, -0.25) is 4.79 Å². The van der Waals surface area contributed by atoms with Crippen molar-refractivity contribution >= 4 is 17.7 Å². The highest BCUT2D eigenvalue weighted by Crippen LogP contribution is 2.24. The molecular formula is C12H16O3S. The number of hydrogen-bond donors (Lipinski definition) is 1. The molecule has 0 amide bonds.